The van der Waals surface area contributed by atoms with Gasteiger partial charge in [0.2, 0.25) is 5.88 Å². The van der Waals surface area contributed by atoms with E-state index in [0.29, 0.717) is 12.4 Å². The molecule has 1 aliphatic carbocycles. The van der Waals surface area contributed by atoms with Crippen molar-refractivity contribution in [1.29, 1.82) is 0 Å². The number of nitrogens with one attached hydrogen (secondary N) is 1. The lowest BCUT2D eigenvalue weighted by Crippen LogP contribution is -2.41. The number of aromatic nitrogens is 3. The smallest absolute Gasteiger partial charge is 0.394 e. The molecule has 234 valence electrons. The molecular formula is C29H36F3N5O5S. The van der Waals surface area contributed by atoms with E-state index in [9.17, 15) is 31.5 Å². The Bertz CT molecular complexity index is 1600. The van der Waals surface area contributed by atoms with Crippen LogP contribution in [0.2, 0.25) is 0 Å². The first kappa shape index (κ1) is 32.1. The van der Waals surface area contributed by atoms with Gasteiger partial charge in [-0.25, -0.2) is 22.8 Å². The van der Waals surface area contributed by atoms with E-state index in [2.05, 4.69) is 17.0 Å². The molecule has 0 spiro atoms. The molecule has 1 aliphatic heterocycles. The Labute approximate surface area is 248 Å². The highest BCUT2D eigenvalue weighted by atomic mass is 32.2. The summed E-state index contributed by atoms with van der Waals surface area (Å²) in [5.41, 5.74) is -2.08. The van der Waals surface area contributed by atoms with Crippen LogP contribution in [0.4, 0.5) is 19.0 Å². The van der Waals surface area contributed by atoms with Gasteiger partial charge >= 0.3 is 6.18 Å². The zero-order chi connectivity index (χ0) is 30.5. The number of phenolic OH excluding ortho intramolecular Hbond substituents is 1. The van der Waals surface area contributed by atoms with Crippen LogP contribution in [0.3, 0.4) is 0 Å². The third-order valence-electron chi connectivity index (χ3n) is 7.90. The summed E-state index contributed by atoms with van der Waals surface area (Å²) in [6.07, 6.45) is -1.87. The normalized spacial score (nSPS) is 19.0. The quantitative estimate of drug-likeness (QED) is 0.322. The van der Waals surface area contributed by atoms with Crippen LogP contribution in [-0.4, -0.2) is 59.1 Å². The zero-order valence-electron chi connectivity index (χ0n) is 23.3. The first-order valence-corrected chi connectivity index (χ1v) is 15.0. The molecule has 1 atom stereocenters. The van der Waals surface area contributed by atoms with Crippen LogP contribution in [-0.2, 0) is 10.0 Å². The van der Waals surface area contributed by atoms with Crippen LogP contribution in [0.25, 0.3) is 5.82 Å². The van der Waals surface area contributed by atoms with E-state index in [1.54, 1.807) is 0 Å². The van der Waals surface area contributed by atoms with Crippen molar-refractivity contribution in [2.24, 2.45) is 11.3 Å². The van der Waals surface area contributed by atoms with Gasteiger partial charge < -0.3 is 14.7 Å². The number of ether oxygens (including phenoxy) is 1. The monoisotopic (exact) mass is 623 g/mol. The van der Waals surface area contributed by atoms with Crippen molar-refractivity contribution in [3.8, 4) is 17.4 Å². The van der Waals surface area contributed by atoms with Gasteiger partial charge in [-0.15, -0.1) is 5.10 Å². The summed E-state index contributed by atoms with van der Waals surface area (Å²) >= 11 is 0. The summed E-state index contributed by atoms with van der Waals surface area (Å²) in [5.74, 6) is -0.492. The Morgan fingerprint density at radius 1 is 1.16 bits per heavy atom. The van der Waals surface area contributed by atoms with Gasteiger partial charge in [0.25, 0.3) is 15.9 Å². The summed E-state index contributed by atoms with van der Waals surface area (Å²) in [4.78, 5) is 19.6. The van der Waals surface area contributed by atoms with Crippen LogP contribution >= 0.6 is 0 Å². The van der Waals surface area contributed by atoms with Crippen molar-refractivity contribution < 1.29 is 36.2 Å². The first-order valence-electron chi connectivity index (χ1n) is 13.5. The van der Waals surface area contributed by atoms with Crippen LogP contribution < -0.4 is 14.4 Å². The number of benzene rings is 1. The molecule has 10 nitrogen and oxygen atoms in total. The van der Waals surface area contributed by atoms with E-state index >= 15 is 0 Å². The molecule has 2 N–H and O–H groups in total. The van der Waals surface area contributed by atoms with Crippen LogP contribution in [0, 0.1) is 11.3 Å². The minimum atomic E-state index is -4.40. The fourth-order valence-corrected chi connectivity index (χ4v) is 6.58. The number of aromatic hydroxyl groups is 1. The van der Waals surface area contributed by atoms with E-state index in [0.717, 1.165) is 6.42 Å². The average Bonchev–Trinajstić information content (AvgIpc) is 3.46. The van der Waals surface area contributed by atoms with E-state index in [1.807, 2.05) is 23.5 Å². The fourth-order valence-electron chi connectivity index (χ4n) is 5.51. The van der Waals surface area contributed by atoms with Gasteiger partial charge in [-0.05, 0) is 69.7 Å². The molecule has 0 bridgehead atoms. The zero-order valence-corrected chi connectivity index (χ0v) is 24.2. The summed E-state index contributed by atoms with van der Waals surface area (Å²) < 4.78 is 74.4. The number of halogens is 3. The molecule has 3 aromatic rings. The van der Waals surface area contributed by atoms with E-state index < -0.39 is 43.7 Å². The third-order valence-corrected chi connectivity index (χ3v) is 9.28. The SMILES string of the molecule is C.C[C@@H]1CN(c2nc(-n3ccc(OCCC4(C(F)(F)F)CC4)n3)ccc2C(=O)NS(=O)(=O)c2ccccc2O)C(C)(C)C1. The number of hydrogen-bond donors (Lipinski definition) is 2. The van der Waals surface area contributed by atoms with Gasteiger partial charge in [0.1, 0.15) is 16.5 Å². The number of nitrogens with zero attached hydrogens (tertiary/aromatic N) is 4. The van der Waals surface area contributed by atoms with E-state index in [-0.39, 0.29) is 56.5 Å². The number of carbonyl (C=O) groups excluding carboxylic acids is 1. The van der Waals surface area contributed by atoms with Crippen molar-refractivity contribution in [2.45, 2.75) is 70.5 Å². The number of hydrogen-bond acceptors (Lipinski definition) is 8. The molecule has 2 aromatic heterocycles. The van der Waals surface area contributed by atoms with Gasteiger partial charge in [0.05, 0.1) is 17.6 Å². The standard InChI is InChI=1S/C28H32F3N5O5S.CH4/c1-18-16-26(2,3)35(17-18)24-19(25(38)34-42(39,40)21-7-5-4-6-20(21)37)8-9-22(32-24)36-14-10-23(33-36)41-15-13-27(11-12-27)28(29,30)31;/h4-10,14,18,37H,11-13,15-17H2,1-3H3,(H,34,38);1H4/t18-;/m0./s1. The maximum atomic E-state index is 13.4. The molecule has 1 aromatic carbocycles. The predicted octanol–water partition coefficient (Wildman–Crippen LogP) is 5.46. The molecule has 0 unspecified atom stereocenters. The number of para-hydroxylation sites is 1. The Balaban J connectivity index is 0.00000423. The second-order valence-electron chi connectivity index (χ2n) is 11.7. The molecular weight excluding hydrogens is 587 g/mol. The number of rotatable bonds is 9. The molecule has 0 radical (unpaired) electrons. The molecule has 3 heterocycles. The van der Waals surface area contributed by atoms with Crippen molar-refractivity contribution >= 4 is 21.7 Å². The molecule has 1 amide bonds. The Morgan fingerprint density at radius 2 is 1.86 bits per heavy atom. The number of anilines is 1. The van der Waals surface area contributed by atoms with Crippen LogP contribution in [0.1, 0.15) is 64.2 Å². The van der Waals surface area contributed by atoms with Gasteiger partial charge in [0.15, 0.2) is 5.82 Å². The van der Waals surface area contributed by atoms with Crippen LogP contribution in [0.15, 0.2) is 53.6 Å². The van der Waals surface area contributed by atoms with Crippen molar-refractivity contribution in [2.75, 3.05) is 18.1 Å². The third kappa shape index (κ3) is 6.43. The first-order chi connectivity index (χ1) is 19.6. The Morgan fingerprint density at radius 3 is 2.47 bits per heavy atom. The highest BCUT2D eigenvalue weighted by Gasteiger charge is 2.62. The molecule has 1 saturated heterocycles. The number of phenols is 1. The molecule has 14 heteroatoms. The lowest BCUT2D eigenvalue weighted by atomic mass is 9.97. The van der Waals surface area contributed by atoms with Crippen molar-refractivity contribution in [3.63, 3.8) is 0 Å². The average molecular weight is 624 g/mol. The second kappa shape index (κ2) is 11.4. The minimum absolute atomic E-state index is 0. The van der Waals surface area contributed by atoms with Gasteiger partial charge in [-0.2, -0.15) is 13.2 Å². The minimum Gasteiger partial charge on any atom is -0.507 e. The number of carbonyl (C=O) groups is 1. The summed E-state index contributed by atoms with van der Waals surface area (Å²) in [6.45, 7) is 6.48. The maximum absolute atomic E-state index is 13.4. The number of pyridine rings is 1. The lowest BCUT2D eigenvalue weighted by molar-refractivity contribution is -0.190. The van der Waals surface area contributed by atoms with Gasteiger partial charge in [-0.1, -0.05) is 26.5 Å². The van der Waals surface area contributed by atoms with E-state index in [4.69, 9.17) is 4.74 Å². The number of alkyl halides is 3. The van der Waals surface area contributed by atoms with Gasteiger partial charge in [0, 0.05) is 24.3 Å². The summed E-state index contributed by atoms with van der Waals surface area (Å²) in [7, 11) is -4.40. The highest BCUT2D eigenvalue weighted by molar-refractivity contribution is 7.90. The highest BCUT2D eigenvalue weighted by Crippen LogP contribution is 2.59. The fraction of sp³-hybridized carbons (Fsp3) is 0.483. The molecule has 5 rings (SSSR count). The lowest BCUT2D eigenvalue weighted by Gasteiger charge is -2.34. The predicted molar refractivity (Wildman–Crippen MR) is 154 cm³/mol. The topological polar surface area (TPSA) is 127 Å². The molecule has 43 heavy (non-hydrogen) atoms. The second-order valence-corrected chi connectivity index (χ2v) is 13.3. The number of amides is 1. The molecule has 1 saturated carbocycles. The van der Waals surface area contributed by atoms with Crippen molar-refractivity contribution in [1.82, 2.24) is 19.5 Å². The van der Waals surface area contributed by atoms with Crippen molar-refractivity contribution in [3.05, 3.63) is 54.2 Å². The summed E-state index contributed by atoms with van der Waals surface area (Å²) in [6, 6.07) is 9.71. The van der Waals surface area contributed by atoms with Crippen LogP contribution in [0.5, 0.6) is 11.6 Å². The maximum Gasteiger partial charge on any atom is 0.394 e. The summed E-state index contributed by atoms with van der Waals surface area (Å²) in [5, 5.41) is 14.3. The van der Waals surface area contributed by atoms with Gasteiger partial charge in [-0.3, -0.25) is 4.79 Å². The molecule has 2 aliphatic rings. The molecule has 2 fully saturated rings. The Kier molecular flexibility index (Phi) is 8.48. The largest absolute Gasteiger partial charge is 0.507 e. The Hall–Kier alpha value is -3.81. The number of sulfonamides is 1. The van der Waals surface area contributed by atoms with E-state index in [1.165, 1.54) is 53.3 Å².